The normalized spacial score (nSPS) is 14.5. The summed E-state index contributed by atoms with van der Waals surface area (Å²) in [5.74, 6) is 4.07. The molecule has 0 aliphatic carbocycles. The summed E-state index contributed by atoms with van der Waals surface area (Å²) in [5.41, 5.74) is 0. The smallest absolute Gasteiger partial charge is 0.0267 e. The van der Waals surface area contributed by atoms with Crippen molar-refractivity contribution in [2.24, 2.45) is 0 Å². The summed E-state index contributed by atoms with van der Waals surface area (Å²) in [5, 5.41) is 4.95. The summed E-state index contributed by atoms with van der Waals surface area (Å²) in [7, 11) is 0. The quantitative estimate of drug-likeness (QED) is 0.584. The van der Waals surface area contributed by atoms with Gasteiger partial charge in [-0.25, -0.2) is 0 Å². The lowest BCUT2D eigenvalue weighted by Gasteiger charge is -2.14. The molecule has 0 N–H and O–H groups in total. The van der Waals surface area contributed by atoms with Crippen LogP contribution in [0.15, 0.2) is 24.0 Å². The maximum absolute atomic E-state index is 4.32. The zero-order valence-corrected chi connectivity index (χ0v) is 12.9. The lowest BCUT2D eigenvalue weighted by Crippen LogP contribution is -2.12. The maximum atomic E-state index is 4.32. The zero-order valence-electron chi connectivity index (χ0n) is 8.67. The van der Waals surface area contributed by atoms with Gasteiger partial charge in [-0.2, -0.15) is 37.0 Å². The van der Waals surface area contributed by atoms with E-state index in [2.05, 4.69) is 38.4 Å². The minimum atomic E-state index is 0.574. The van der Waals surface area contributed by atoms with Gasteiger partial charge in [0.25, 0.3) is 0 Å². The highest BCUT2D eigenvalue weighted by molar-refractivity contribution is 8.07. The number of thiol groups is 2. The van der Waals surface area contributed by atoms with Crippen LogP contribution < -0.4 is 0 Å². The molecule has 0 aromatic rings. The predicted octanol–water partition coefficient (Wildman–Crippen LogP) is 4.07. The van der Waals surface area contributed by atoms with Gasteiger partial charge in [-0.15, -0.1) is 23.5 Å². The third kappa shape index (κ3) is 8.98. The van der Waals surface area contributed by atoms with Gasteiger partial charge < -0.3 is 0 Å². The van der Waals surface area contributed by atoms with Crippen LogP contribution in [-0.2, 0) is 0 Å². The van der Waals surface area contributed by atoms with E-state index in [0.29, 0.717) is 10.5 Å². The molecule has 2 unspecified atom stereocenters. The van der Waals surface area contributed by atoms with E-state index in [1.54, 1.807) is 23.5 Å². The highest BCUT2D eigenvalue weighted by atomic mass is 32.2. The molecular weight excluding hydrogens is 280 g/mol. The molecule has 0 aliphatic heterocycles. The van der Waals surface area contributed by atoms with Crippen molar-refractivity contribution in [3.63, 3.8) is 0 Å². The summed E-state index contributed by atoms with van der Waals surface area (Å²) in [4.78, 5) is 0. The highest BCUT2D eigenvalue weighted by Crippen LogP contribution is 2.22. The van der Waals surface area contributed by atoms with E-state index >= 15 is 0 Å². The second-order valence-electron chi connectivity index (χ2n) is 2.75. The molecule has 0 amide bonds. The van der Waals surface area contributed by atoms with Gasteiger partial charge in [0.1, 0.15) is 0 Å². The second kappa shape index (κ2) is 11.7. The Labute approximate surface area is 117 Å². The third-order valence-corrected chi connectivity index (χ3v) is 6.49. The maximum Gasteiger partial charge on any atom is 0.0267 e. The lowest BCUT2D eigenvalue weighted by atomic mass is 10.5. The molecule has 2 atom stereocenters. The van der Waals surface area contributed by atoms with Crippen molar-refractivity contribution in [1.29, 1.82) is 0 Å². The van der Waals surface area contributed by atoms with Crippen molar-refractivity contribution in [3.8, 4) is 0 Å². The van der Waals surface area contributed by atoms with Crippen molar-refractivity contribution in [2.45, 2.75) is 10.5 Å². The Morgan fingerprint density at radius 3 is 1.60 bits per heavy atom. The molecule has 0 aliphatic rings. The number of rotatable bonds is 10. The molecular formula is C10H18S5. The summed E-state index contributed by atoms with van der Waals surface area (Å²) >= 11 is 14.1. The fraction of sp³-hybridized carbons (Fsp3) is 0.600. The fourth-order valence-corrected chi connectivity index (χ4v) is 4.82. The SMILES string of the molecule is C=CSC(CS)CSCC(CS)SC=C. The molecule has 15 heavy (non-hydrogen) atoms. The van der Waals surface area contributed by atoms with Crippen molar-refractivity contribution in [3.05, 3.63) is 24.0 Å². The monoisotopic (exact) mass is 298 g/mol. The van der Waals surface area contributed by atoms with Crippen LogP contribution in [0.4, 0.5) is 0 Å². The van der Waals surface area contributed by atoms with E-state index in [9.17, 15) is 0 Å². The molecule has 0 aromatic heterocycles. The van der Waals surface area contributed by atoms with Gasteiger partial charge >= 0.3 is 0 Å². The van der Waals surface area contributed by atoms with E-state index in [-0.39, 0.29) is 0 Å². The van der Waals surface area contributed by atoms with Crippen molar-refractivity contribution in [1.82, 2.24) is 0 Å². The first-order valence-corrected chi connectivity index (χ1v) is 8.91. The van der Waals surface area contributed by atoms with E-state index in [1.807, 2.05) is 22.6 Å². The van der Waals surface area contributed by atoms with Crippen LogP contribution in [0.25, 0.3) is 0 Å². The number of hydrogen-bond donors (Lipinski definition) is 2. The molecule has 0 rings (SSSR count). The average molecular weight is 299 g/mol. The first-order chi connectivity index (χ1) is 7.28. The fourth-order valence-electron chi connectivity index (χ4n) is 0.873. The van der Waals surface area contributed by atoms with Crippen molar-refractivity contribution in [2.75, 3.05) is 23.0 Å². The predicted molar refractivity (Wildman–Crippen MR) is 88.2 cm³/mol. The minimum absolute atomic E-state index is 0.574. The van der Waals surface area contributed by atoms with E-state index < -0.39 is 0 Å². The Morgan fingerprint density at radius 2 is 1.33 bits per heavy atom. The summed E-state index contributed by atoms with van der Waals surface area (Å²) < 4.78 is 0. The second-order valence-corrected chi connectivity index (χ2v) is 7.10. The Kier molecular flexibility index (Phi) is 12.7. The van der Waals surface area contributed by atoms with Crippen LogP contribution in [-0.4, -0.2) is 33.5 Å². The van der Waals surface area contributed by atoms with Crippen LogP contribution in [0.1, 0.15) is 0 Å². The van der Waals surface area contributed by atoms with Gasteiger partial charge in [-0.1, -0.05) is 13.2 Å². The molecule has 88 valence electrons. The molecule has 0 aromatic carbocycles. The van der Waals surface area contributed by atoms with Gasteiger partial charge in [0.05, 0.1) is 0 Å². The Morgan fingerprint density at radius 1 is 0.933 bits per heavy atom. The Hall–Kier alpha value is 1.23. The molecule has 0 spiro atoms. The van der Waals surface area contributed by atoms with Gasteiger partial charge in [-0.3, -0.25) is 0 Å². The third-order valence-electron chi connectivity index (χ3n) is 1.59. The van der Waals surface area contributed by atoms with Gasteiger partial charge in [0.15, 0.2) is 0 Å². The first-order valence-electron chi connectivity index (χ1n) is 4.60. The topological polar surface area (TPSA) is 0 Å². The van der Waals surface area contributed by atoms with Crippen molar-refractivity contribution >= 4 is 60.5 Å². The Bertz CT molecular complexity index is 153. The largest absolute Gasteiger partial charge is 0.178 e. The van der Waals surface area contributed by atoms with E-state index in [4.69, 9.17) is 0 Å². The van der Waals surface area contributed by atoms with E-state index in [1.165, 1.54) is 0 Å². The summed E-state index contributed by atoms with van der Waals surface area (Å²) in [6.45, 7) is 7.45. The summed E-state index contributed by atoms with van der Waals surface area (Å²) in [6, 6.07) is 0. The molecule has 0 bridgehead atoms. The van der Waals surface area contributed by atoms with Gasteiger partial charge in [0.2, 0.25) is 0 Å². The lowest BCUT2D eigenvalue weighted by molar-refractivity contribution is 1.13. The van der Waals surface area contributed by atoms with Gasteiger partial charge in [0, 0.05) is 33.5 Å². The highest BCUT2D eigenvalue weighted by Gasteiger charge is 2.09. The summed E-state index contributed by atoms with van der Waals surface area (Å²) in [6.07, 6.45) is 0. The van der Waals surface area contributed by atoms with Crippen LogP contribution >= 0.6 is 60.5 Å². The number of hydrogen-bond acceptors (Lipinski definition) is 5. The minimum Gasteiger partial charge on any atom is -0.178 e. The van der Waals surface area contributed by atoms with Crippen molar-refractivity contribution < 1.29 is 0 Å². The molecule has 0 saturated heterocycles. The molecule has 0 nitrogen and oxygen atoms in total. The Balaban J connectivity index is 3.63. The molecule has 0 radical (unpaired) electrons. The van der Waals surface area contributed by atoms with Crippen LogP contribution in [0, 0.1) is 0 Å². The molecule has 0 heterocycles. The van der Waals surface area contributed by atoms with Crippen LogP contribution in [0.5, 0.6) is 0 Å². The zero-order chi connectivity index (χ0) is 11.5. The standard InChI is InChI=1S/C10H18S5/c1-3-14-9(5-11)7-13-8-10(6-12)15-4-2/h3-4,9-12H,1-2,5-8H2. The van der Waals surface area contributed by atoms with Gasteiger partial charge in [-0.05, 0) is 10.8 Å². The molecule has 0 fully saturated rings. The van der Waals surface area contributed by atoms with Crippen LogP contribution in [0.3, 0.4) is 0 Å². The number of thioether (sulfide) groups is 3. The van der Waals surface area contributed by atoms with Crippen LogP contribution in [0.2, 0.25) is 0 Å². The molecule has 5 heteroatoms. The van der Waals surface area contributed by atoms with E-state index in [0.717, 1.165) is 23.0 Å². The molecule has 0 saturated carbocycles. The average Bonchev–Trinajstić information content (AvgIpc) is 2.26. The first kappa shape index (κ1) is 16.2.